The number of benzene rings is 1. The molecule has 0 heterocycles. The molecule has 1 rings (SSSR count). The van der Waals surface area contributed by atoms with Crippen LogP contribution < -0.4 is 0 Å². The Bertz CT molecular complexity index is 289. The molecule has 0 spiro atoms. The van der Waals surface area contributed by atoms with Crippen molar-refractivity contribution in [3.63, 3.8) is 0 Å². The fraction of sp³-hybridized carbons (Fsp3) is 0.588. The number of hydrogen-bond acceptors (Lipinski definition) is 1. The molecule has 0 bridgehead atoms. The van der Waals surface area contributed by atoms with Crippen LogP contribution in [-0.2, 0) is 11.2 Å². The molecule has 0 saturated carbocycles. The average molecular weight is 266 g/mol. The van der Waals surface area contributed by atoms with Gasteiger partial charge in [-0.05, 0) is 24.3 Å². The van der Waals surface area contributed by atoms with Crippen LogP contribution in [-0.4, -0.2) is 11.1 Å². The van der Waals surface area contributed by atoms with Gasteiger partial charge in [0.25, 0.3) is 5.97 Å². The van der Waals surface area contributed by atoms with E-state index in [0.717, 1.165) is 12.8 Å². The molecule has 1 unspecified atom stereocenters. The van der Waals surface area contributed by atoms with Crippen molar-refractivity contribution < 1.29 is 9.90 Å². The van der Waals surface area contributed by atoms with Crippen LogP contribution in [0.15, 0.2) is 30.3 Å². The molecule has 1 N–H and O–H groups in total. The highest BCUT2D eigenvalue weighted by Gasteiger charge is 2.00. The molecule has 0 amide bonds. The van der Waals surface area contributed by atoms with E-state index in [0.29, 0.717) is 0 Å². The summed E-state index contributed by atoms with van der Waals surface area (Å²) in [5.41, 5.74) is 1.48. The minimum atomic E-state index is -0.833. The van der Waals surface area contributed by atoms with Crippen LogP contribution in [0.5, 0.6) is 0 Å². The number of carboxylic acid groups (broad SMARTS) is 1. The molecule has 1 atom stereocenters. The van der Waals surface area contributed by atoms with Gasteiger partial charge in [-0.2, -0.15) is 0 Å². The second-order valence-corrected chi connectivity index (χ2v) is 4.44. The van der Waals surface area contributed by atoms with Crippen molar-refractivity contribution in [3.05, 3.63) is 35.9 Å². The lowest BCUT2D eigenvalue weighted by Crippen LogP contribution is -1.96. The van der Waals surface area contributed by atoms with Crippen LogP contribution in [0.4, 0.5) is 0 Å². The summed E-state index contributed by atoms with van der Waals surface area (Å²) in [7, 11) is 0. The van der Waals surface area contributed by atoms with Crippen LogP contribution >= 0.6 is 0 Å². The maximum Gasteiger partial charge on any atom is 0.300 e. The predicted molar refractivity (Wildman–Crippen MR) is 83.5 cm³/mol. The molecule has 2 nitrogen and oxygen atoms in total. The highest BCUT2D eigenvalue weighted by Crippen LogP contribution is 2.13. The molecule has 2 heteroatoms. The van der Waals surface area contributed by atoms with Gasteiger partial charge in [0, 0.05) is 6.92 Å². The predicted octanol–water partition coefficient (Wildman–Crippen LogP) is 5.17. The lowest BCUT2D eigenvalue weighted by molar-refractivity contribution is -0.134. The van der Waals surface area contributed by atoms with Crippen molar-refractivity contribution in [1.82, 2.24) is 0 Å². The maximum atomic E-state index is 9.00. The first-order valence-electron chi connectivity index (χ1n) is 7.29. The fourth-order valence-corrected chi connectivity index (χ4v) is 1.69. The summed E-state index contributed by atoms with van der Waals surface area (Å²) in [4.78, 5) is 9.00. The van der Waals surface area contributed by atoms with Gasteiger partial charge < -0.3 is 5.11 Å². The molecule has 0 fully saturated rings. The lowest BCUT2D eigenvalue weighted by atomic mass is 9.97. The zero-order valence-electron chi connectivity index (χ0n) is 13.1. The standard InChI is InChI=1S/C13H20.C2H4O2.C2H6/c1-3-7-12(2)10-11-13-8-5-4-6-9-13;1-2(3)4;1-2/h4-6,8-9,12H,3,7,10-11H2,1-2H3;1H3,(H,3,4);1-2H3. The largest absolute Gasteiger partial charge is 0.481 e. The van der Waals surface area contributed by atoms with Crippen molar-refractivity contribution in [2.75, 3.05) is 0 Å². The Morgan fingerprint density at radius 1 is 1.16 bits per heavy atom. The molecule has 1 aromatic rings. The summed E-state index contributed by atoms with van der Waals surface area (Å²) >= 11 is 0. The first-order valence-corrected chi connectivity index (χ1v) is 7.29. The van der Waals surface area contributed by atoms with E-state index in [1.54, 1.807) is 0 Å². The highest BCUT2D eigenvalue weighted by atomic mass is 16.4. The maximum absolute atomic E-state index is 9.00. The molecule has 0 radical (unpaired) electrons. The van der Waals surface area contributed by atoms with Gasteiger partial charge in [-0.1, -0.05) is 70.9 Å². The Kier molecular flexibility index (Phi) is 15.5. The third-order valence-corrected chi connectivity index (χ3v) is 2.55. The number of hydrogen-bond donors (Lipinski definition) is 1. The molecule has 19 heavy (non-hydrogen) atoms. The van der Waals surface area contributed by atoms with Crippen molar-refractivity contribution >= 4 is 5.97 Å². The van der Waals surface area contributed by atoms with E-state index < -0.39 is 5.97 Å². The molecule has 0 aliphatic carbocycles. The second-order valence-electron chi connectivity index (χ2n) is 4.44. The van der Waals surface area contributed by atoms with Gasteiger partial charge >= 0.3 is 0 Å². The SMILES string of the molecule is CC.CC(=O)O.CCCC(C)CCc1ccccc1. The number of rotatable bonds is 5. The van der Waals surface area contributed by atoms with Crippen LogP contribution in [0.25, 0.3) is 0 Å². The highest BCUT2D eigenvalue weighted by molar-refractivity contribution is 5.62. The van der Waals surface area contributed by atoms with E-state index in [1.807, 2.05) is 13.8 Å². The number of carboxylic acids is 1. The minimum Gasteiger partial charge on any atom is -0.481 e. The monoisotopic (exact) mass is 266 g/mol. The quantitative estimate of drug-likeness (QED) is 0.798. The van der Waals surface area contributed by atoms with Crippen LogP contribution in [0, 0.1) is 5.92 Å². The van der Waals surface area contributed by atoms with Gasteiger partial charge in [-0.25, -0.2) is 0 Å². The number of aliphatic carboxylic acids is 1. The number of aryl methyl sites for hydroxylation is 1. The molecule has 0 aromatic heterocycles. The summed E-state index contributed by atoms with van der Waals surface area (Å²) < 4.78 is 0. The van der Waals surface area contributed by atoms with Gasteiger partial charge in [0.05, 0.1) is 0 Å². The zero-order valence-corrected chi connectivity index (χ0v) is 13.1. The third-order valence-electron chi connectivity index (χ3n) is 2.55. The molecule has 0 aliphatic rings. The van der Waals surface area contributed by atoms with Crippen molar-refractivity contribution in [2.45, 2.75) is 60.3 Å². The Morgan fingerprint density at radius 2 is 1.63 bits per heavy atom. The smallest absolute Gasteiger partial charge is 0.300 e. The Labute approximate surface area is 118 Å². The topological polar surface area (TPSA) is 37.3 Å². The summed E-state index contributed by atoms with van der Waals surface area (Å²) in [6, 6.07) is 10.8. The first kappa shape index (κ1) is 20.0. The van der Waals surface area contributed by atoms with Crippen molar-refractivity contribution in [3.8, 4) is 0 Å². The van der Waals surface area contributed by atoms with E-state index in [-0.39, 0.29) is 0 Å². The fourth-order valence-electron chi connectivity index (χ4n) is 1.69. The molecular formula is C17H30O2. The van der Waals surface area contributed by atoms with E-state index in [2.05, 4.69) is 44.2 Å². The normalized spacial score (nSPS) is 10.4. The molecular weight excluding hydrogens is 236 g/mol. The van der Waals surface area contributed by atoms with Gasteiger partial charge in [0.15, 0.2) is 0 Å². The van der Waals surface area contributed by atoms with Crippen molar-refractivity contribution in [1.29, 1.82) is 0 Å². The van der Waals surface area contributed by atoms with Crippen LogP contribution in [0.1, 0.15) is 59.4 Å². The van der Waals surface area contributed by atoms with Gasteiger partial charge in [-0.15, -0.1) is 0 Å². The Balaban J connectivity index is 0. The summed E-state index contributed by atoms with van der Waals surface area (Å²) in [6.45, 7) is 9.70. The van der Waals surface area contributed by atoms with Gasteiger partial charge in [-0.3, -0.25) is 4.79 Å². The van der Waals surface area contributed by atoms with E-state index in [9.17, 15) is 0 Å². The molecule has 0 saturated heterocycles. The third kappa shape index (κ3) is 16.7. The van der Waals surface area contributed by atoms with Gasteiger partial charge in [0.1, 0.15) is 0 Å². The van der Waals surface area contributed by atoms with E-state index in [4.69, 9.17) is 9.90 Å². The average Bonchev–Trinajstić information content (AvgIpc) is 2.40. The lowest BCUT2D eigenvalue weighted by Gasteiger charge is -2.09. The molecule has 1 aromatic carbocycles. The summed E-state index contributed by atoms with van der Waals surface area (Å²) in [6.07, 6.45) is 5.25. The van der Waals surface area contributed by atoms with E-state index in [1.165, 1.54) is 31.2 Å². The van der Waals surface area contributed by atoms with E-state index >= 15 is 0 Å². The Morgan fingerprint density at radius 3 is 2.05 bits per heavy atom. The van der Waals surface area contributed by atoms with Gasteiger partial charge in [0.2, 0.25) is 0 Å². The van der Waals surface area contributed by atoms with Crippen LogP contribution in [0.3, 0.4) is 0 Å². The van der Waals surface area contributed by atoms with Crippen LogP contribution in [0.2, 0.25) is 0 Å². The molecule has 110 valence electrons. The molecule has 0 aliphatic heterocycles. The summed E-state index contributed by atoms with van der Waals surface area (Å²) in [5.74, 6) is 0.0465. The first-order chi connectivity index (χ1) is 9.06. The Hall–Kier alpha value is -1.31. The number of carbonyl (C=O) groups is 1. The summed E-state index contributed by atoms with van der Waals surface area (Å²) in [5, 5.41) is 7.42. The van der Waals surface area contributed by atoms with Crippen molar-refractivity contribution in [2.24, 2.45) is 5.92 Å². The minimum absolute atomic E-state index is 0.833. The zero-order chi connectivity index (χ0) is 15.1. The second kappa shape index (κ2) is 14.7.